The van der Waals surface area contributed by atoms with Crippen LogP contribution in [0.4, 0.5) is 19.0 Å². The zero-order valence-corrected chi connectivity index (χ0v) is 14.6. The molecule has 1 aliphatic heterocycles. The Hall–Kier alpha value is -2.21. The number of piperidine rings is 1. The number of thiazole rings is 1. The molecule has 0 aliphatic carbocycles. The molecule has 2 aromatic rings. The first-order valence-corrected chi connectivity index (χ1v) is 8.70. The van der Waals surface area contributed by atoms with Gasteiger partial charge in [-0.25, -0.2) is 4.98 Å². The van der Waals surface area contributed by atoms with E-state index in [9.17, 15) is 18.4 Å². The van der Waals surface area contributed by atoms with E-state index < -0.39 is 11.9 Å². The van der Waals surface area contributed by atoms with E-state index in [1.165, 1.54) is 0 Å². The molecule has 1 aliphatic rings. The average molecular weight is 367 g/mol. The monoisotopic (exact) mass is 367 g/mol. The standard InChI is InChI=1S/C16H16F3N5S/c1-9-10(2)22-23-14(12(9)6-20)24-5-3-4-11(7-24)15-21-13(8-25-15)16(17,18)19/h8,11H,3-5,7H2,1-2H3. The molecule has 5 nitrogen and oxygen atoms in total. The topological polar surface area (TPSA) is 65.7 Å². The smallest absolute Gasteiger partial charge is 0.353 e. The number of nitrogens with zero attached hydrogens (tertiary/aromatic N) is 5. The minimum absolute atomic E-state index is 0.107. The van der Waals surface area contributed by atoms with Gasteiger partial charge in [-0.1, -0.05) is 0 Å². The lowest BCUT2D eigenvalue weighted by Crippen LogP contribution is -2.36. The molecule has 132 valence electrons. The zero-order valence-electron chi connectivity index (χ0n) is 13.8. The van der Waals surface area contributed by atoms with Crippen LogP contribution in [0, 0.1) is 25.2 Å². The summed E-state index contributed by atoms with van der Waals surface area (Å²) in [5, 5.41) is 19.2. The molecule has 3 heterocycles. The molecule has 0 saturated carbocycles. The third-order valence-electron chi connectivity index (χ3n) is 4.43. The van der Waals surface area contributed by atoms with Crippen LogP contribution in [-0.4, -0.2) is 28.3 Å². The first kappa shape index (κ1) is 17.6. The second kappa shape index (κ2) is 6.59. The Morgan fingerprint density at radius 2 is 2.08 bits per heavy atom. The van der Waals surface area contributed by atoms with Crippen LogP contribution in [0.25, 0.3) is 0 Å². The minimum Gasteiger partial charge on any atom is -0.353 e. The Balaban J connectivity index is 1.86. The normalized spacial score (nSPS) is 18.2. The summed E-state index contributed by atoms with van der Waals surface area (Å²) in [7, 11) is 0. The van der Waals surface area contributed by atoms with Crippen LogP contribution in [0.5, 0.6) is 0 Å². The van der Waals surface area contributed by atoms with Gasteiger partial charge < -0.3 is 4.90 Å². The second-order valence-electron chi connectivity index (χ2n) is 6.07. The van der Waals surface area contributed by atoms with Gasteiger partial charge in [0.1, 0.15) is 11.6 Å². The molecule has 9 heteroatoms. The van der Waals surface area contributed by atoms with Crippen LogP contribution in [0.1, 0.15) is 46.3 Å². The number of aromatic nitrogens is 3. The minimum atomic E-state index is -4.42. The van der Waals surface area contributed by atoms with Gasteiger partial charge in [0.15, 0.2) is 11.5 Å². The molecule has 0 spiro atoms. The summed E-state index contributed by atoms with van der Waals surface area (Å²) in [6.45, 7) is 4.79. The average Bonchev–Trinajstić information content (AvgIpc) is 3.08. The van der Waals surface area contributed by atoms with Crippen molar-refractivity contribution in [2.24, 2.45) is 0 Å². The third kappa shape index (κ3) is 3.44. The number of anilines is 1. The largest absolute Gasteiger partial charge is 0.434 e. The fourth-order valence-corrected chi connectivity index (χ4v) is 3.88. The van der Waals surface area contributed by atoms with Crippen LogP contribution in [0.3, 0.4) is 0 Å². The molecule has 0 amide bonds. The van der Waals surface area contributed by atoms with E-state index in [1.54, 1.807) is 6.92 Å². The molecular weight excluding hydrogens is 351 g/mol. The molecule has 1 unspecified atom stereocenters. The third-order valence-corrected chi connectivity index (χ3v) is 5.44. The lowest BCUT2D eigenvalue weighted by atomic mass is 9.98. The summed E-state index contributed by atoms with van der Waals surface area (Å²) in [5.41, 5.74) is 1.11. The number of aryl methyl sites for hydroxylation is 1. The van der Waals surface area contributed by atoms with Gasteiger partial charge in [-0.3, -0.25) is 0 Å². The van der Waals surface area contributed by atoms with E-state index in [0.29, 0.717) is 35.2 Å². The second-order valence-corrected chi connectivity index (χ2v) is 6.96. The van der Waals surface area contributed by atoms with Gasteiger partial charge >= 0.3 is 6.18 Å². The van der Waals surface area contributed by atoms with Crippen LogP contribution < -0.4 is 4.90 Å². The lowest BCUT2D eigenvalue weighted by molar-refractivity contribution is -0.140. The van der Waals surface area contributed by atoms with Crippen LogP contribution in [0.2, 0.25) is 0 Å². The van der Waals surface area contributed by atoms with E-state index in [-0.39, 0.29) is 5.92 Å². The first-order valence-electron chi connectivity index (χ1n) is 7.82. The predicted octanol–water partition coefficient (Wildman–Crippen LogP) is 3.82. The van der Waals surface area contributed by atoms with Gasteiger partial charge in [-0.05, 0) is 32.3 Å². The quantitative estimate of drug-likeness (QED) is 0.807. The Labute approximate surface area is 147 Å². The molecule has 3 rings (SSSR count). The number of nitriles is 1. The first-order chi connectivity index (χ1) is 11.8. The highest BCUT2D eigenvalue weighted by Crippen LogP contribution is 2.36. The van der Waals surface area contributed by atoms with Crippen molar-refractivity contribution < 1.29 is 13.2 Å². The maximum Gasteiger partial charge on any atom is 0.434 e. The van der Waals surface area contributed by atoms with Gasteiger partial charge in [0.2, 0.25) is 0 Å². The molecule has 1 fully saturated rings. The summed E-state index contributed by atoms with van der Waals surface area (Å²) >= 11 is 1.04. The molecule has 2 aromatic heterocycles. The predicted molar refractivity (Wildman–Crippen MR) is 87.5 cm³/mol. The Bertz CT molecular complexity index is 824. The molecule has 0 bridgehead atoms. The van der Waals surface area contributed by atoms with Crippen LogP contribution >= 0.6 is 11.3 Å². The number of rotatable bonds is 2. The van der Waals surface area contributed by atoms with Crippen molar-refractivity contribution in [1.82, 2.24) is 15.2 Å². The van der Waals surface area contributed by atoms with Crippen molar-refractivity contribution in [3.63, 3.8) is 0 Å². The Morgan fingerprint density at radius 1 is 1.32 bits per heavy atom. The van der Waals surface area contributed by atoms with E-state index >= 15 is 0 Å². The van der Waals surface area contributed by atoms with Gasteiger partial charge in [0.25, 0.3) is 0 Å². The number of halogens is 3. The van der Waals surface area contributed by atoms with Gasteiger partial charge in [-0.15, -0.1) is 16.4 Å². The molecule has 1 saturated heterocycles. The highest BCUT2D eigenvalue weighted by Gasteiger charge is 2.35. The van der Waals surface area contributed by atoms with Crippen molar-refractivity contribution in [2.75, 3.05) is 18.0 Å². The SMILES string of the molecule is Cc1nnc(N2CCCC(c3nc(C(F)(F)F)cs3)C2)c(C#N)c1C. The van der Waals surface area contributed by atoms with Crippen molar-refractivity contribution in [2.45, 2.75) is 38.8 Å². The van der Waals surface area contributed by atoms with E-state index in [0.717, 1.165) is 35.1 Å². The molecule has 0 N–H and O–H groups in total. The summed E-state index contributed by atoms with van der Waals surface area (Å²) in [6, 6.07) is 2.17. The molecule has 0 aromatic carbocycles. The maximum absolute atomic E-state index is 12.8. The molecule has 25 heavy (non-hydrogen) atoms. The summed E-state index contributed by atoms with van der Waals surface area (Å²) in [5.74, 6) is 0.396. The van der Waals surface area contributed by atoms with Gasteiger partial charge in [0, 0.05) is 24.4 Å². The zero-order chi connectivity index (χ0) is 18.2. The van der Waals surface area contributed by atoms with Crippen molar-refractivity contribution in [1.29, 1.82) is 5.26 Å². The molecule has 1 atom stereocenters. The molecular formula is C16H16F3N5S. The summed E-state index contributed by atoms with van der Waals surface area (Å²) in [6.07, 6.45) is -2.86. The Kier molecular flexibility index (Phi) is 4.64. The fourth-order valence-electron chi connectivity index (χ4n) is 2.93. The van der Waals surface area contributed by atoms with Gasteiger partial charge in [0.05, 0.1) is 10.7 Å². The Morgan fingerprint density at radius 3 is 2.72 bits per heavy atom. The van der Waals surface area contributed by atoms with Crippen molar-refractivity contribution in [3.8, 4) is 6.07 Å². The summed E-state index contributed by atoms with van der Waals surface area (Å²) in [4.78, 5) is 5.70. The van der Waals surface area contributed by atoms with Crippen LogP contribution in [-0.2, 0) is 6.18 Å². The van der Waals surface area contributed by atoms with Crippen molar-refractivity contribution >= 4 is 17.2 Å². The van der Waals surface area contributed by atoms with E-state index in [4.69, 9.17) is 0 Å². The lowest BCUT2D eigenvalue weighted by Gasteiger charge is -2.33. The highest BCUT2D eigenvalue weighted by atomic mass is 32.1. The molecule has 0 radical (unpaired) electrons. The van der Waals surface area contributed by atoms with Gasteiger partial charge in [-0.2, -0.15) is 23.5 Å². The van der Waals surface area contributed by atoms with Crippen molar-refractivity contribution in [3.05, 3.63) is 32.9 Å². The number of hydrogen-bond donors (Lipinski definition) is 0. The number of alkyl halides is 3. The van der Waals surface area contributed by atoms with E-state index in [2.05, 4.69) is 21.3 Å². The fraction of sp³-hybridized carbons (Fsp3) is 0.500. The van der Waals surface area contributed by atoms with E-state index in [1.807, 2.05) is 11.8 Å². The number of hydrogen-bond acceptors (Lipinski definition) is 6. The maximum atomic E-state index is 12.8. The summed E-state index contributed by atoms with van der Waals surface area (Å²) < 4.78 is 38.3. The van der Waals surface area contributed by atoms with Crippen LogP contribution in [0.15, 0.2) is 5.38 Å². The highest BCUT2D eigenvalue weighted by molar-refractivity contribution is 7.09.